The lowest BCUT2D eigenvalue weighted by atomic mass is 10.2. The van der Waals surface area contributed by atoms with Crippen LogP contribution in [0.1, 0.15) is 24.8 Å². The van der Waals surface area contributed by atoms with E-state index in [0.717, 1.165) is 12.8 Å². The highest BCUT2D eigenvalue weighted by Gasteiger charge is 2.23. The molecule has 0 saturated heterocycles. The van der Waals surface area contributed by atoms with E-state index in [9.17, 15) is 4.79 Å². The molecule has 0 radical (unpaired) electrons. The first-order chi connectivity index (χ1) is 9.63. The van der Waals surface area contributed by atoms with Gasteiger partial charge in [-0.3, -0.25) is 4.79 Å². The lowest BCUT2D eigenvalue weighted by molar-refractivity contribution is -0.121. The van der Waals surface area contributed by atoms with Gasteiger partial charge in [0.15, 0.2) is 11.5 Å². The molecule has 1 saturated carbocycles. The van der Waals surface area contributed by atoms with Gasteiger partial charge in [-0.1, -0.05) is 11.6 Å². The van der Waals surface area contributed by atoms with E-state index in [1.807, 2.05) is 0 Å². The van der Waals surface area contributed by atoms with E-state index in [1.54, 1.807) is 12.1 Å². The zero-order valence-corrected chi connectivity index (χ0v) is 12.1. The average Bonchev–Trinajstić information content (AvgIpc) is 3.23. The van der Waals surface area contributed by atoms with Crippen molar-refractivity contribution in [1.82, 2.24) is 5.32 Å². The molecule has 0 atom stereocenters. The van der Waals surface area contributed by atoms with E-state index in [4.69, 9.17) is 26.2 Å². The fraction of sp³-hybridized carbons (Fsp3) is 0.500. The summed E-state index contributed by atoms with van der Waals surface area (Å²) in [7, 11) is 1.50. The minimum Gasteiger partial charge on any atom is -0.493 e. The van der Waals surface area contributed by atoms with Crippen LogP contribution in [-0.4, -0.2) is 30.8 Å². The summed E-state index contributed by atoms with van der Waals surface area (Å²) < 4.78 is 10.7. The lowest BCUT2D eigenvalue weighted by Crippen LogP contribution is -2.26. The molecule has 1 aliphatic carbocycles. The molecule has 1 aromatic carbocycles. The van der Waals surface area contributed by atoms with Crippen LogP contribution in [0, 0.1) is 0 Å². The minimum atomic E-state index is -0.125. The number of benzene rings is 1. The molecule has 1 aliphatic rings. The zero-order chi connectivity index (χ0) is 14.5. The Hall–Kier alpha value is -1.46. The van der Waals surface area contributed by atoms with Crippen LogP contribution in [0.5, 0.6) is 11.5 Å². The van der Waals surface area contributed by atoms with Crippen molar-refractivity contribution in [1.29, 1.82) is 0 Å². The van der Waals surface area contributed by atoms with Gasteiger partial charge in [-0.15, -0.1) is 0 Å². The third-order valence-corrected chi connectivity index (χ3v) is 3.27. The van der Waals surface area contributed by atoms with Gasteiger partial charge in [-0.2, -0.15) is 0 Å². The van der Waals surface area contributed by atoms with Crippen LogP contribution in [0.2, 0.25) is 5.02 Å². The summed E-state index contributed by atoms with van der Waals surface area (Å²) in [6.07, 6.45) is 2.40. The van der Waals surface area contributed by atoms with Crippen LogP contribution in [0.3, 0.4) is 0 Å². The van der Waals surface area contributed by atoms with E-state index < -0.39 is 0 Å². The summed E-state index contributed by atoms with van der Waals surface area (Å²) in [4.78, 5) is 11.5. The highest BCUT2D eigenvalue weighted by atomic mass is 35.5. The fourth-order valence-electron chi connectivity index (χ4n) is 1.78. The Balaban J connectivity index is 1.92. The number of carbonyl (C=O) groups is 1. The molecule has 0 aliphatic heterocycles. The van der Waals surface area contributed by atoms with Gasteiger partial charge in [0.1, 0.15) is 0 Å². The number of amides is 1. The molecule has 0 spiro atoms. The summed E-state index contributed by atoms with van der Waals surface area (Å²) in [5.74, 6) is 0.823. The van der Waals surface area contributed by atoms with Gasteiger partial charge in [0.25, 0.3) is 0 Å². The third kappa shape index (κ3) is 4.02. The van der Waals surface area contributed by atoms with E-state index in [2.05, 4.69) is 5.32 Å². The Morgan fingerprint density at radius 1 is 1.50 bits per heavy atom. The number of carbonyl (C=O) groups excluding carboxylic acids is 1. The summed E-state index contributed by atoms with van der Waals surface area (Å²) in [6.45, 7) is 0.104. The first-order valence-corrected chi connectivity index (χ1v) is 6.91. The molecule has 0 unspecified atom stereocenters. The maximum atomic E-state index is 11.5. The van der Waals surface area contributed by atoms with E-state index >= 15 is 0 Å². The van der Waals surface area contributed by atoms with Crippen LogP contribution in [0.25, 0.3) is 0 Å². The molecule has 6 heteroatoms. The van der Waals surface area contributed by atoms with Crippen LogP contribution in [0.15, 0.2) is 12.1 Å². The molecule has 5 nitrogen and oxygen atoms in total. The number of rotatable bonds is 7. The molecular formula is C14H18ClNO4. The molecule has 0 aromatic heterocycles. The Bertz CT molecular complexity index is 488. The van der Waals surface area contributed by atoms with Crippen LogP contribution in [-0.2, 0) is 11.4 Å². The second-order valence-electron chi connectivity index (χ2n) is 4.71. The standard InChI is InChI=1S/C14H18ClNO4/c1-19-12-7-9(8-17)6-11(15)14(12)20-5-4-13(18)16-10-2-3-10/h6-7,10,17H,2-5,8H2,1H3,(H,16,18). The number of halogens is 1. The Kier molecular flexibility index (Phi) is 5.09. The van der Waals surface area contributed by atoms with E-state index in [-0.39, 0.29) is 25.5 Å². The molecule has 2 N–H and O–H groups in total. The minimum absolute atomic E-state index is 0.0189. The van der Waals surface area contributed by atoms with Crippen molar-refractivity contribution in [3.05, 3.63) is 22.7 Å². The van der Waals surface area contributed by atoms with Crippen molar-refractivity contribution in [3.8, 4) is 11.5 Å². The highest BCUT2D eigenvalue weighted by Crippen LogP contribution is 2.36. The Morgan fingerprint density at radius 3 is 2.85 bits per heavy atom. The van der Waals surface area contributed by atoms with Crippen LogP contribution in [0.4, 0.5) is 0 Å². The van der Waals surface area contributed by atoms with Gasteiger partial charge in [-0.05, 0) is 30.5 Å². The number of hydrogen-bond acceptors (Lipinski definition) is 4. The average molecular weight is 300 g/mol. The predicted molar refractivity (Wildman–Crippen MR) is 75.2 cm³/mol. The molecular weight excluding hydrogens is 282 g/mol. The number of nitrogens with one attached hydrogen (secondary N) is 1. The summed E-state index contributed by atoms with van der Waals surface area (Å²) in [6, 6.07) is 3.62. The van der Waals surface area contributed by atoms with E-state index in [1.165, 1.54) is 7.11 Å². The van der Waals surface area contributed by atoms with Crippen molar-refractivity contribution >= 4 is 17.5 Å². The number of methoxy groups -OCH3 is 1. The highest BCUT2D eigenvalue weighted by molar-refractivity contribution is 6.32. The number of aliphatic hydroxyl groups excluding tert-OH is 1. The Labute approximate surface area is 122 Å². The van der Waals surface area contributed by atoms with Gasteiger partial charge in [-0.25, -0.2) is 0 Å². The maximum absolute atomic E-state index is 11.5. The molecule has 20 heavy (non-hydrogen) atoms. The van der Waals surface area contributed by atoms with Crippen molar-refractivity contribution in [2.45, 2.75) is 31.9 Å². The van der Waals surface area contributed by atoms with Gasteiger partial charge < -0.3 is 19.9 Å². The quantitative estimate of drug-likeness (QED) is 0.807. The zero-order valence-electron chi connectivity index (χ0n) is 11.3. The van der Waals surface area contributed by atoms with Crippen molar-refractivity contribution < 1.29 is 19.4 Å². The van der Waals surface area contributed by atoms with Crippen LogP contribution < -0.4 is 14.8 Å². The van der Waals surface area contributed by atoms with Gasteiger partial charge >= 0.3 is 0 Å². The third-order valence-electron chi connectivity index (χ3n) is 2.99. The fourth-order valence-corrected chi connectivity index (χ4v) is 2.07. The normalized spacial score (nSPS) is 13.9. The SMILES string of the molecule is COc1cc(CO)cc(Cl)c1OCCC(=O)NC1CC1. The van der Waals surface area contributed by atoms with Crippen LogP contribution >= 0.6 is 11.6 Å². The van der Waals surface area contributed by atoms with Crippen molar-refractivity contribution in [2.75, 3.05) is 13.7 Å². The van der Waals surface area contributed by atoms with Gasteiger partial charge in [0.05, 0.1) is 31.8 Å². The second-order valence-corrected chi connectivity index (χ2v) is 5.11. The molecule has 110 valence electrons. The number of aliphatic hydroxyl groups is 1. The summed E-state index contributed by atoms with van der Waals surface area (Å²) >= 11 is 6.09. The molecule has 0 bridgehead atoms. The predicted octanol–water partition coefficient (Wildman–Crippen LogP) is 1.89. The summed E-state index contributed by atoms with van der Waals surface area (Å²) in [5.41, 5.74) is 0.644. The lowest BCUT2D eigenvalue weighted by Gasteiger charge is -2.13. The molecule has 1 fully saturated rings. The second kappa shape index (κ2) is 6.81. The first-order valence-electron chi connectivity index (χ1n) is 6.53. The first kappa shape index (κ1) is 14.9. The maximum Gasteiger partial charge on any atom is 0.223 e. The smallest absolute Gasteiger partial charge is 0.223 e. The monoisotopic (exact) mass is 299 g/mol. The largest absolute Gasteiger partial charge is 0.493 e. The molecule has 0 heterocycles. The van der Waals surface area contributed by atoms with Crippen molar-refractivity contribution in [2.24, 2.45) is 0 Å². The van der Waals surface area contributed by atoms with Crippen molar-refractivity contribution in [3.63, 3.8) is 0 Å². The topological polar surface area (TPSA) is 67.8 Å². The molecule has 1 amide bonds. The van der Waals surface area contributed by atoms with E-state index in [0.29, 0.717) is 28.1 Å². The Morgan fingerprint density at radius 2 is 2.25 bits per heavy atom. The molecule has 1 aromatic rings. The number of ether oxygens (including phenoxy) is 2. The molecule has 2 rings (SSSR count). The van der Waals surface area contributed by atoms with Gasteiger partial charge in [0.2, 0.25) is 5.91 Å². The number of hydrogen-bond donors (Lipinski definition) is 2. The summed E-state index contributed by atoms with van der Waals surface area (Å²) in [5, 5.41) is 12.3. The van der Waals surface area contributed by atoms with Gasteiger partial charge in [0, 0.05) is 6.04 Å².